The Balaban J connectivity index is 1.16. The van der Waals surface area contributed by atoms with Crippen LogP contribution in [-0.2, 0) is 29.8 Å². The number of piperidine rings is 1. The van der Waals surface area contributed by atoms with Gasteiger partial charge in [-0.25, -0.2) is 28.1 Å². The summed E-state index contributed by atoms with van der Waals surface area (Å²) < 4.78 is 72.6. The van der Waals surface area contributed by atoms with E-state index in [1.54, 1.807) is 16.3 Å². The molecule has 0 saturated carbocycles. The van der Waals surface area contributed by atoms with Crippen molar-refractivity contribution in [1.29, 1.82) is 0 Å². The summed E-state index contributed by atoms with van der Waals surface area (Å²) in [4.78, 5) is 16.7. The third kappa shape index (κ3) is 7.24. The highest BCUT2D eigenvalue weighted by Gasteiger charge is 2.36. The highest BCUT2D eigenvalue weighted by Crippen LogP contribution is 2.36. The minimum atomic E-state index is -4.70. The van der Waals surface area contributed by atoms with Crippen LogP contribution in [0.15, 0.2) is 54.3 Å². The van der Waals surface area contributed by atoms with Gasteiger partial charge in [0.1, 0.15) is 5.56 Å². The number of likely N-dealkylation sites (N-methyl/N-ethyl adjacent to an activating group) is 1. The predicted molar refractivity (Wildman–Crippen MR) is 172 cm³/mol. The Kier molecular flexibility index (Phi) is 9.59. The Labute approximate surface area is 277 Å². The van der Waals surface area contributed by atoms with Gasteiger partial charge in [0.15, 0.2) is 5.03 Å². The van der Waals surface area contributed by atoms with Gasteiger partial charge in [0.2, 0.25) is 5.95 Å². The van der Waals surface area contributed by atoms with Crippen LogP contribution < -0.4 is 5.32 Å². The number of piperazine rings is 1. The summed E-state index contributed by atoms with van der Waals surface area (Å²) in [5.74, 6) is 0.0182. The van der Waals surface area contributed by atoms with Crippen LogP contribution in [0.2, 0.25) is 0 Å². The Hall–Kier alpha value is -3.90. The molecular weight excluding hydrogens is 649 g/mol. The van der Waals surface area contributed by atoms with Gasteiger partial charge in [0.05, 0.1) is 30.5 Å². The van der Waals surface area contributed by atoms with Crippen LogP contribution >= 0.6 is 0 Å². The molecule has 0 unspecified atom stereocenters. The molecule has 2 aliphatic heterocycles. The lowest BCUT2D eigenvalue weighted by molar-refractivity contribution is -0.137. The van der Waals surface area contributed by atoms with Crippen molar-refractivity contribution in [3.63, 3.8) is 0 Å². The third-order valence-corrected chi connectivity index (χ3v) is 10.8. The van der Waals surface area contributed by atoms with Crippen molar-refractivity contribution in [2.45, 2.75) is 49.6 Å². The molecule has 4 aromatic rings. The minimum Gasteiger partial charge on any atom is -0.395 e. The molecule has 0 amide bonds. The molecular formula is C31H39F3N10O3S. The van der Waals surface area contributed by atoms with E-state index >= 15 is 0 Å². The molecule has 2 aliphatic rings. The molecule has 2 fully saturated rings. The number of sulfonamides is 1. The van der Waals surface area contributed by atoms with Crippen LogP contribution in [-0.4, -0.2) is 115 Å². The molecule has 17 heteroatoms. The molecule has 13 nitrogen and oxygen atoms in total. The summed E-state index contributed by atoms with van der Waals surface area (Å²) in [5.41, 5.74) is 1.63. The largest absolute Gasteiger partial charge is 0.419 e. The first-order valence-corrected chi connectivity index (χ1v) is 17.1. The lowest BCUT2D eigenvalue weighted by atomic mass is 10.1. The SMILES string of the molecule is Cc1cc(CN2CCN(C)[C@@H](CO)C2)ccc1-n1cc(-c2nc(NC3CCN(S(=O)(=O)c4cn(C)cn4)CC3)ncc2C(F)(F)F)cn1. The second-order valence-corrected chi connectivity index (χ2v) is 14.4. The molecule has 1 atom stereocenters. The van der Waals surface area contributed by atoms with Crippen molar-refractivity contribution >= 4 is 16.0 Å². The van der Waals surface area contributed by atoms with Crippen LogP contribution in [0.25, 0.3) is 16.9 Å². The van der Waals surface area contributed by atoms with Gasteiger partial charge in [-0.3, -0.25) is 9.80 Å². The van der Waals surface area contributed by atoms with E-state index in [-0.39, 0.29) is 54.0 Å². The predicted octanol–water partition coefficient (Wildman–Crippen LogP) is 2.76. The van der Waals surface area contributed by atoms with Crippen molar-refractivity contribution < 1.29 is 26.7 Å². The zero-order valence-corrected chi connectivity index (χ0v) is 27.8. The average Bonchev–Trinajstić information content (AvgIpc) is 3.72. The van der Waals surface area contributed by atoms with E-state index in [0.29, 0.717) is 12.8 Å². The number of nitrogens with zero attached hydrogens (tertiary/aromatic N) is 9. The quantitative estimate of drug-likeness (QED) is 0.270. The van der Waals surface area contributed by atoms with Crippen LogP contribution in [0.1, 0.15) is 29.5 Å². The first-order chi connectivity index (χ1) is 22.8. The molecule has 5 heterocycles. The third-order valence-electron chi connectivity index (χ3n) is 9.01. The number of hydrogen-bond acceptors (Lipinski definition) is 10. The number of imidazole rings is 1. The molecule has 0 radical (unpaired) electrons. The normalized spacial score (nSPS) is 19.2. The number of halogens is 3. The van der Waals surface area contributed by atoms with Crippen molar-refractivity contribution in [3.05, 3.63) is 66.0 Å². The second-order valence-electron chi connectivity index (χ2n) is 12.5. The Bertz CT molecular complexity index is 1850. The zero-order valence-electron chi connectivity index (χ0n) is 27.0. The molecule has 6 rings (SSSR count). The summed E-state index contributed by atoms with van der Waals surface area (Å²) in [6.07, 6.45) is 2.64. The Morgan fingerprint density at radius 3 is 2.48 bits per heavy atom. The van der Waals surface area contributed by atoms with E-state index in [1.807, 2.05) is 32.2 Å². The summed E-state index contributed by atoms with van der Waals surface area (Å²) in [6.45, 7) is 5.71. The summed E-state index contributed by atoms with van der Waals surface area (Å²) in [5, 5.41) is 17.1. The number of aryl methyl sites for hydroxylation is 2. The summed E-state index contributed by atoms with van der Waals surface area (Å²) in [7, 11) is -0.0431. The van der Waals surface area contributed by atoms with Gasteiger partial charge in [-0.2, -0.15) is 22.6 Å². The maximum absolute atomic E-state index is 14.1. The van der Waals surface area contributed by atoms with E-state index < -0.39 is 21.8 Å². The number of aliphatic hydroxyl groups excluding tert-OH is 1. The van der Waals surface area contributed by atoms with Gasteiger partial charge >= 0.3 is 6.18 Å². The molecule has 1 aromatic carbocycles. The maximum atomic E-state index is 14.1. The lowest BCUT2D eigenvalue weighted by Crippen LogP contribution is -2.52. The fourth-order valence-corrected chi connectivity index (χ4v) is 7.65. The van der Waals surface area contributed by atoms with Gasteiger partial charge in [-0.1, -0.05) is 12.1 Å². The zero-order chi connectivity index (χ0) is 34.2. The lowest BCUT2D eigenvalue weighted by Gasteiger charge is -2.38. The van der Waals surface area contributed by atoms with Crippen molar-refractivity contribution in [3.8, 4) is 16.9 Å². The van der Waals surface area contributed by atoms with Crippen molar-refractivity contribution in [2.75, 3.05) is 51.7 Å². The van der Waals surface area contributed by atoms with Crippen LogP contribution in [0.4, 0.5) is 19.1 Å². The molecule has 0 spiro atoms. The Morgan fingerprint density at radius 2 is 1.81 bits per heavy atom. The van der Waals surface area contributed by atoms with E-state index in [0.717, 1.165) is 49.2 Å². The molecule has 0 aliphatic carbocycles. The topological polar surface area (TPSA) is 138 Å². The smallest absolute Gasteiger partial charge is 0.395 e. The summed E-state index contributed by atoms with van der Waals surface area (Å²) in [6, 6.07) is 5.78. The van der Waals surface area contributed by atoms with Gasteiger partial charge in [-0.05, 0) is 44.0 Å². The van der Waals surface area contributed by atoms with Gasteiger partial charge in [0, 0.05) is 82.6 Å². The van der Waals surface area contributed by atoms with E-state index in [4.69, 9.17) is 0 Å². The van der Waals surface area contributed by atoms with Gasteiger partial charge in [0.25, 0.3) is 10.0 Å². The number of benzene rings is 1. The number of hydrogen-bond donors (Lipinski definition) is 2. The number of alkyl halides is 3. The highest BCUT2D eigenvalue weighted by molar-refractivity contribution is 7.89. The summed E-state index contributed by atoms with van der Waals surface area (Å²) >= 11 is 0. The monoisotopic (exact) mass is 688 g/mol. The maximum Gasteiger partial charge on any atom is 0.419 e. The van der Waals surface area contributed by atoms with E-state index in [9.17, 15) is 26.7 Å². The van der Waals surface area contributed by atoms with Crippen molar-refractivity contribution in [1.82, 2.24) is 43.4 Å². The number of rotatable bonds is 9. The van der Waals surface area contributed by atoms with E-state index in [1.165, 1.54) is 29.2 Å². The van der Waals surface area contributed by atoms with Crippen LogP contribution in [0.5, 0.6) is 0 Å². The van der Waals surface area contributed by atoms with Gasteiger partial charge < -0.3 is 15.0 Å². The molecule has 258 valence electrons. The number of anilines is 1. The highest BCUT2D eigenvalue weighted by atomic mass is 32.2. The first kappa shape index (κ1) is 34.0. The molecule has 3 aromatic heterocycles. The fraction of sp³-hybridized carbons (Fsp3) is 0.484. The molecule has 2 N–H and O–H groups in total. The first-order valence-electron chi connectivity index (χ1n) is 15.7. The number of aliphatic hydroxyl groups is 1. The molecule has 48 heavy (non-hydrogen) atoms. The average molecular weight is 689 g/mol. The van der Waals surface area contributed by atoms with Crippen molar-refractivity contribution in [2.24, 2.45) is 7.05 Å². The van der Waals surface area contributed by atoms with E-state index in [2.05, 4.69) is 35.2 Å². The Morgan fingerprint density at radius 1 is 1.04 bits per heavy atom. The van der Waals surface area contributed by atoms with Crippen LogP contribution in [0.3, 0.4) is 0 Å². The van der Waals surface area contributed by atoms with Gasteiger partial charge in [-0.15, -0.1) is 0 Å². The second kappa shape index (κ2) is 13.5. The number of aromatic nitrogens is 6. The standard InChI is InChI=1S/C31H39F3N10O3S/c1-21-12-22(15-42-11-10-41(3)25(17-42)19-45)4-5-27(21)44-16-23(13-37-44)29-26(31(32,33)34)14-35-30(39-29)38-24-6-8-43(9-7-24)48(46,47)28-18-40(2)20-36-28/h4-5,12-14,16,18,20,24-25,45H,6-11,15,17,19H2,1-3H3,(H,35,38,39)/t25-/m1/s1. The molecule has 0 bridgehead atoms. The molecule has 2 saturated heterocycles. The minimum absolute atomic E-state index is 0.0182. The number of nitrogens with one attached hydrogen (secondary N) is 1. The van der Waals surface area contributed by atoms with Crippen LogP contribution in [0, 0.1) is 6.92 Å². The fourth-order valence-electron chi connectivity index (χ4n) is 6.22.